The third-order valence-electron chi connectivity index (χ3n) is 6.36. The summed E-state index contributed by atoms with van der Waals surface area (Å²) in [5.41, 5.74) is 0.830. The van der Waals surface area contributed by atoms with Crippen LogP contribution in [0.3, 0.4) is 0 Å². The summed E-state index contributed by atoms with van der Waals surface area (Å²) in [6, 6.07) is 14.4. The number of ether oxygens (including phenoxy) is 3. The molecular formula is C28H40N2O8S. The van der Waals surface area contributed by atoms with Crippen LogP contribution in [0.5, 0.6) is 5.75 Å². The van der Waals surface area contributed by atoms with Crippen LogP contribution in [-0.2, 0) is 30.7 Å². The van der Waals surface area contributed by atoms with Crippen molar-refractivity contribution in [3.05, 3.63) is 60.2 Å². The Hall–Kier alpha value is -3.15. The van der Waals surface area contributed by atoms with Crippen molar-refractivity contribution in [2.75, 3.05) is 27.3 Å². The van der Waals surface area contributed by atoms with E-state index in [-0.39, 0.29) is 36.7 Å². The minimum Gasteiger partial charge on any atom is -0.497 e. The van der Waals surface area contributed by atoms with Crippen LogP contribution in [0, 0.1) is 5.92 Å². The van der Waals surface area contributed by atoms with Gasteiger partial charge in [0, 0.05) is 13.1 Å². The van der Waals surface area contributed by atoms with Crippen LogP contribution in [0.4, 0.5) is 4.79 Å². The first-order valence-corrected chi connectivity index (χ1v) is 14.3. The van der Waals surface area contributed by atoms with Crippen molar-refractivity contribution >= 4 is 22.1 Å². The molecule has 0 aliphatic rings. The maximum atomic E-state index is 13.6. The fourth-order valence-corrected chi connectivity index (χ4v) is 5.44. The number of nitrogens with zero attached hydrogens (tertiary/aromatic N) is 1. The van der Waals surface area contributed by atoms with E-state index >= 15 is 0 Å². The Morgan fingerprint density at radius 1 is 1.00 bits per heavy atom. The van der Waals surface area contributed by atoms with Gasteiger partial charge < -0.3 is 24.6 Å². The van der Waals surface area contributed by atoms with Gasteiger partial charge in [0.15, 0.2) is 0 Å². The summed E-state index contributed by atoms with van der Waals surface area (Å²) in [5.74, 6) is 0.0185. The zero-order valence-corrected chi connectivity index (χ0v) is 24.0. The molecule has 2 aromatic rings. The lowest BCUT2D eigenvalue weighted by molar-refractivity contribution is -0.142. The van der Waals surface area contributed by atoms with Crippen LogP contribution >= 0.6 is 0 Å². The Morgan fingerprint density at radius 2 is 1.64 bits per heavy atom. The van der Waals surface area contributed by atoms with Crippen molar-refractivity contribution in [2.24, 2.45) is 5.92 Å². The fraction of sp³-hybridized carbons (Fsp3) is 0.500. The highest BCUT2D eigenvalue weighted by molar-refractivity contribution is 7.89. The minimum absolute atomic E-state index is 0.0230. The molecule has 1 amide bonds. The van der Waals surface area contributed by atoms with Crippen LogP contribution in [0.25, 0.3) is 0 Å². The van der Waals surface area contributed by atoms with Gasteiger partial charge in [-0.15, -0.1) is 0 Å². The van der Waals surface area contributed by atoms with E-state index in [0.717, 1.165) is 12.0 Å². The summed E-state index contributed by atoms with van der Waals surface area (Å²) < 4.78 is 43.5. The summed E-state index contributed by atoms with van der Waals surface area (Å²) in [7, 11) is -1.24. The summed E-state index contributed by atoms with van der Waals surface area (Å²) >= 11 is 0. The monoisotopic (exact) mass is 564 g/mol. The number of carbonyl (C=O) groups excluding carboxylic acids is 2. The van der Waals surface area contributed by atoms with E-state index in [1.165, 1.54) is 30.7 Å². The van der Waals surface area contributed by atoms with Crippen molar-refractivity contribution in [1.29, 1.82) is 0 Å². The number of aliphatic hydroxyl groups is 1. The lowest BCUT2D eigenvalue weighted by Gasteiger charge is -2.31. The summed E-state index contributed by atoms with van der Waals surface area (Å²) in [6.45, 7) is 5.37. The number of hydrogen-bond donors (Lipinski definition) is 2. The third-order valence-corrected chi connectivity index (χ3v) is 8.20. The second-order valence-corrected chi connectivity index (χ2v) is 11.5. The molecule has 0 aliphatic heterocycles. The van der Waals surface area contributed by atoms with Crippen LogP contribution in [0.15, 0.2) is 59.5 Å². The number of amides is 1. The smallest absolute Gasteiger partial charge is 0.407 e. The fourth-order valence-electron chi connectivity index (χ4n) is 3.86. The van der Waals surface area contributed by atoms with Gasteiger partial charge in [-0.2, -0.15) is 4.31 Å². The number of nitrogens with one attached hydrogen (secondary N) is 1. The van der Waals surface area contributed by atoms with E-state index in [1.54, 1.807) is 19.1 Å². The maximum Gasteiger partial charge on any atom is 0.407 e. The van der Waals surface area contributed by atoms with E-state index in [9.17, 15) is 23.1 Å². The second kappa shape index (κ2) is 15.4. The number of carbonyl (C=O) groups is 2. The zero-order valence-electron chi connectivity index (χ0n) is 23.2. The van der Waals surface area contributed by atoms with Crippen LogP contribution in [0.1, 0.15) is 39.2 Å². The molecule has 4 atom stereocenters. The Kier molecular flexibility index (Phi) is 12.7. The molecule has 0 heterocycles. The van der Waals surface area contributed by atoms with Crippen LogP contribution in [-0.4, -0.2) is 75.5 Å². The first-order chi connectivity index (χ1) is 18.5. The quantitative estimate of drug-likeness (QED) is 0.315. The van der Waals surface area contributed by atoms with E-state index < -0.39 is 40.3 Å². The predicted octanol–water partition coefficient (Wildman–Crippen LogP) is 3.38. The van der Waals surface area contributed by atoms with Gasteiger partial charge in [0.1, 0.15) is 11.9 Å². The highest BCUT2D eigenvalue weighted by Gasteiger charge is 2.32. The third kappa shape index (κ3) is 10.2. The van der Waals surface area contributed by atoms with Crippen molar-refractivity contribution in [3.63, 3.8) is 0 Å². The molecule has 0 saturated heterocycles. The maximum absolute atomic E-state index is 13.6. The molecule has 0 aliphatic carbocycles. The molecule has 0 fully saturated rings. The number of methoxy groups -OCH3 is 2. The molecule has 39 heavy (non-hydrogen) atoms. The van der Waals surface area contributed by atoms with Gasteiger partial charge in [-0.25, -0.2) is 13.2 Å². The minimum atomic E-state index is -3.97. The standard InChI is InChI=1S/C28H40N2O8S/c1-6-20(2)18-30(39(34,35)24-14-12-23(36-4)13-15-24)19-26(31)25(17-22-10-8-7-9-11-22)29-28(33)38-21(3)16-27(32)37-5/h7-15,20-21,25-26,31H,6,16-19H2,1-5H3,(H,29,33)/t20-,21-,25-,26+/m0/s1. The Balaban J connectivity index is 2.29. The number of hydrogen-bond acceptors (Lipinski definition) is 8. The molecule has 0 spiro atoms. The van der Waals surface area contributed by atoms with Crippen LogP contribution < -0.4 is 10.1 Å². The van der Waals surface area contributed by atoms with Gasteiger partial charge in [-0.1, -0.05) is 50.6 Å². The van der Waals surface area contributed by atoms with Gasteiger partial charge in [-0.3, -0.25) is 4.79 Å². The first-order valence-electron chi connectivity index (χ1n) is 12.9. The lowest BCUT2D eigenvalue weighted by atomic mass is 10.0. The lowest BCUT2D eigenvalue weighted by Crippen LogP contribution is -2.51. The van der Waals surface area contributed by atoms with Gasteiger partial charge in [0.2, 0.25) is 10.0 Å². The molecule has 0 radical (unpaired) electrons. The Labute approximate surface area is 231 Å². The number of esters is 1. The number of aliphatic hydroxyl groups excluding tert-OH is 1. The van der Waals surface area contributed by atoms with Gasteiger partial charge >= 0.3 is 12.1 Å². The van der Waals surface area contributed by atoms with Gasteiger partial charge in [0.25, 0.3) is 0 Å². The van der Waals surface area contributed by atoms with Gasteiger partial charge in [0.05, 0.1) is 37.7 Å². The molecule has 2 N–H and O–H groups in total. The Bertz CT molecular complexity index is 1140. The molecule has 0 unspecified atom stereocenters. The zero-order chi connectivity index (χ0) is 29.0. The van der Waals surface area contributed by atoms with Crippen molar-refractivity contribution in [2.45, 2.75) is 63.2 Å². The molecule has 216 valence electrons. The first kappa shape index (κ1) is 32.1. The van der Waals surface area contributed by atoms with E-state index in [0.29, 0.717) is 5.75 Å². The second-order valence-electron chi connectivity index (χ2n) is 9.52. The predicted molar refractivity (Wildman–Crippen MR) is 147 cm³/mol. The molecule has 2 aromatic carbocycles. The van der Waals surface area contributed by atoms with E-state index in [1.807, 2.05) is 44.2 Å². The molecular weight excluding hydrogens is 524 g/mol. The molecule has 0 bridgehead atoms. The van der Waals surface area contributed by atoms with Gasteiger partial charge in [-0.05, 0) is 49.1 Å². The van der Waals surface area contributed by atoms with Crippen molar-refractivity contribution in [3.8, 4) is 5.75 Å². The van der Waals surface area contributed by atoms with E-state index in [4.69, 9.17) is 9.47 Å². The number of sulfonamides is 1. The normalized spacial score (nSPS) is 14.6. The molecule has 10 nitrogen and oxygen atoms in total. The average Bonchev–Trinajstić information content (AvgIpc) is 2.92. The number of rotatable bonds is 15. The number of alkyl carbamates (subject to hydrolysis) is 1. The SMILES string of the molecule is CC[C@H](C)CN(C[C@@H](O)[C@H](Cc1ccccc1)NC(=O)O[C@@H](C)CC(=O)OC)S(=O)(=O)c1ccc(OC)cc1. The average molecular weight is 565 g/mol. The molecule has 0 aromatic heterocycles. The van der Waals surface area contributed by atoms with E-state index in [2.05, 4.69) is 10.1 Å². The summed E-state index contributed by atoms with van der Waals surface area (Å²) in [4.78, 5) is 24.3. The highest BCUT2D eigenvalue weighted by atomic mass is 32.2. The molecule has 11 heteroatoms. The number of benzene rings is 2. The van der Waals surface area contributed by atoms with Crippen LogP contribution in [0.2, 0.25) is 0 Å². The summed E-state index contributed by atoms with van der Waals surface area (Å²) in [5, 5.41) is 14.0. The van der Waals surface area contributed by atoms with Crippen molar-refractivity contribution in [1.82, 2.24) is 9.62 Å². The Morgan fingerprint density at radius 3 is 2.21 bits per heavy atom. The van der Waals surface area contributed by atoms with Crippen molar-refractivity contribution < 1.29 is 37.3 Å². The molecule has 0 saturated carbocycles. The summed E-state index contributed by atoms with van der Waals surface area (Å²) in [6.07, 6.45) is -2.03. The largest absolute Gasteiger partial charge is 0.497 e. The molecule has 2 rings (SSSR count). The highest BCUT2D eigenvalue weighted by Crippen LogP contribution is 2.22. The topological polar surface area (TPSA) is 131 Å².